The quantitative estimate of drug-likeness (QED) is 0.833. The zero-order chi connectivity index (χ0) is 14.2. The number of benzene rings is 1. The van der Waals surface area contributed by atoms with Crippen molar-refractivity contribution in [2.45, 2.75) is 24.6 Å². The minimum absolute atomic E-state index is 0. The molecule has 0 bridgehead atoms. The molecule has 3 N–H and O–H groups in total. The largest absolute Gasteiger partial charge is 0.356 e. The molecule has 1 atom stereocenters. The van der Waals surface area contributed by atoms with Gasteiger partial charge in [-0.3, -0.25) is 0 Å². The van der Waals surface area contributed by atoms with Crippen molar-refractivity contribution in [3.8, 4) is 0 Å². The third-order valence-electron chi connectivity index (χ3n) is 3.55. The first-order valence-corrected chi connectivity index (χ1v) is 8.26. The number of halogens is 1. The van der Waals surface area contributed by atoms with E-state index in [4.69, 9.17) is 10.3 Å². The smallest absolute Gasteiger partial charge is 0.217 e. The maximum absolute atomic E-state index is 12.0. The van der Waals surface area contributed by atoms with Crippen LogP contribution < -0.4 is 10.5 Å². The number of aromatic nitrogens is 1. The molecule has 3 rings (SSSR count). The van der Waals surface area contributed by atoms with Crippen LogP contribution in [0.1, 0.15) is 18.5 Å². The molecule has 1 heterocycles. The van der Waals surface area contributed by atoms with Gasteiger partial charge in [-0.2, -0.15) is 0 Å². The van der Waals surface area contributed by atoms with E-state index in [0.717, 1.165) is 18.2 Å². The van der Waals surface area contributed by atoms with Gasteiger partial charge in [-0.15, -0.1) is 12.4 Å². The van der Waals surface area contributed by atoms with Gasteiger partial charge >= 0.3 is 0 Å². The van der Waals surface area contributed by atoms with Gasteiger partial charge in [-0.25, -0.2) is 13.1 Å². The van der Waals surface area contributed by atoms with Crippen LogP contribution in [0, 0.1) is 5.92 Å². The minimum atomic E-state index is -3.45. The Morgan fingerprint density at radius 2 is 2.10 bits per heavy atom. The van der Waals surface area contributed by atoms with Crippen molar-refractivity contribution in [2.75, 3.05) is 6.54 Å². The lowest BCUT2D eigenvalue weighted by molar-refractivity contribution is 0.448. The molecule has 1 aliphatic rings. The van der Waals surface area contributed by atoms with E-state index in [2.05, 4.69) is 9.88 Å². The van der Waals surface area contributed by atoms with Crippen LogP contribution in [-0.2, 0) is 15.8 Å². The Kier molecular flexibility index (Phi) is 4.88. The maximum Gasteiger partial charge on any atom is 0.217 e. The van der Waals surface area contributed by atoms with Crippen molar-refractivity contribution in [1.82, 2.24) is 9.88 Å². The highest BCUT2D eigenvalue weighted by Gasteiger charge is 2.29. The van der Waals surface area contributed by atoms with E-state index in [1.807, 2.05) is 12.1 Å². The number of para-hydroxylation sites is 1. The second-order valence-corrected chi connectivity index (χ2v) is 7.04. The number of fused-ring (bicyclic) bond motifs is 1. The van der Waals surface area contributed by atoms with Crippen molar-refractivity contribution < 1.29 is 12.9 Å². The molecule has 1 aromatic heterocycles. The zero-order valence-electron chi connectivity index (χ0n) is 11.4. The fourth-order valence-corrected chi connectivity index (χ4v) is 3.30. The van der Waals surface area contributed by atoms with Crippen molar-refractivity contribution in [2.24, 2.45) is 11.7 Å². The molecule has 1 saturated carbocycles. The van der Waals surface area contributed by atoms with Gasteiger partial charge in [0.25, 0.3) is 0 Å². The summed E-state index contributed by atoms with van der Waals surface area (Å²) < 4.78 is 31.7. The topological polar surface area (TPSA) is 98.2 Å². The Bertz CT molecular complexity index is 712. The van der Waals surface area contributed by atoms with Gasteiger partial charge in [0, 0.05) is 18.0 Å². The van der Waals surface area contributed by atoms with Crippen LogP contribution >= 0.6 is 12.4 Å². The molecule has 0 radical (unpaired) electrons. The van der Waals surface area contributed by atoms with Gasteiger partial charge in [0.2, 0.25) is 10.0 Å². The number of rotatable bonds is 6. The Labute approximate surface area is 129 Å². The van der Waals surface area contributed by atoms with Gasteiger partial charge in [-0.05, 0) is 30.9 Å². The van der Waals surface area contributed by atoms with E-state index in [0.29, 0.717) is 17.2 Å². The van der Waals surface area contributed by atoms with Gasteiger partial charge in [0.05, 0.1) is 0 Å². The van der Waals surface area contributed by atoms with E-state index in [1.165, 1.54) is 0 Å². The van der Waals surface area contributed by atoms with Crippen LogP contribution in [0.5, 0.6) is 0 Å². The Morgan fingerprint density at radius 3 is 2.81 bits per heavy atom. The third kappa shape index (κ3) is 3.94. The summed E-state index contributed by atoms with van der Waals surface area (Å²) in [6, 6.07) is 7.10. The molecule has 1 aromatic carbocycles. The molecule has 1 aliphatic carbocycles. The summed E-state index contributed by atoms with van der Waals surface area (Å²) in [5.41, 5.74) is 6.90. The van der Waals surface area contributed by atoms with Crippen molar-refractivity contribution in [1.29, 1.82) is 0 Å². The molecule has 0 amide bonds. The van der Waals surface area contributed by atoms with Crippen LogP contribution in [0.2, 0.25) is 0 Å². The van der Waals surface area contributed by atoms with Gasteiger partial charge in [-0.1, -0.05) is 17.3 Å². The summed E-state index contributed by atoms with van der Waals surface area (Å²) in [7, 11) is -3.45. The molecule has 21 heavy (non-hydrogen) atoms. The van der Waals surface area contributed by atoms with Gasteiger partial charge in [0.15, 0.2) is 5.58 Å². The lowest BCUT2D eigenvalue weighted by Gasteiger charge is -2.11. The van der Waals surface area contributed by atoms with Crippen molar-refractivity contribution in [3.63, 3.8) is 0 Å². The highest BCUT2D eigenvalue weighted by atomic mass is 35.5. The molecule has 0 saturated heterocycles. The van der Waals surface area contributed by atoms with E-state index in [1.54, 1.807) is 12.1 Å². The normalized spacial score (nSPS) is 16.6. The molecule has 8 heteroatoms. The third-order valence-corrected chi connectivity index (χ3v) is 4.81. The number of nitrogens with zero attached hydrogens (tertiary/aromatic N) is 1. The number of hydrogen-bond acceptors (Lipinski definition) is 5. The van der Waals surface area contributed by atoms with Crippen molar-refractivity contribution in [3.05, 3.63) is 30.0 Å². The summed E-state index contributed by atoms with van der Waals surface area (Å²) >= 11 is 0. The molecular weight excluding hydrogens is 314 g/mol. The lowest BCUT2D eigenvalue weighted by atomic mass is 10.2. The molecule has 1 fully saturated rings. The summed E-state index contributed by atoms with van der Waals surface area (Å²) in [4.78, 5) is 0. The first-order valence-electron chi connectivity index (χ1n) is 6.61. The number of nitrogens with two attached hydrogens (primary N) is 1. The predicted molar refractivity (Wildman–Crippen MR) is 82.6 cm³/mol. The fraction of sp³-hybridized carbons (Fsp3) is 0.462. The average Bonchev–Trinajstić information content (AvgIpc) is 3.20. The van der Waals surface area contributed by atoms with E-state index in [-0.39, 0.29) is 30.7 Å². The van der Waals surface area contributed by atoms with E-state index in [9.17, 15) is 8.42 Å². The number of sulfonamides is 1. The summed E-state index contributed by atoms with van der Waals surface area (Å²) in [6.45, 7) is 0.281. The van der Waals surface area contributed by atoms with E-state index >= 15 is 0 Å². The molecule has 0 spiro atoms. The first kappa shape index (κ1) is 16.2. The van der Waals surface area contributed by atoms with Crippen LogP contribution in [-0.4, -0.2) is 26.2 Å². The standard InChI is InChI=1S/C13H17N3O3S.ClH/c14-11(9-5-6-9)7-15-20(17,18)8-12-10-3-1-2-4-13(10)19-16-12;/h1-4,9,11,15H,5-8,14H2;1H. The van der Waals surface area contributed by atoms with Gasteiger partial charge in [0.1, 0.15) is 11.4 Å². The molecule has 6 nitrogen and oxygen atoms in total. The lowest BCUT2D eigenvalue weighted by Crippen LogP contribution is -2.39. The summed E-state index contributed by atoms with van der Waals surface area (Å²) in [5.74, 6) is 0.270. The molecular formula is C13H18ClN3O3S. The monoisotopic (exact) mass is 331 g/mol. The Balaban J connectivity index is 0.00000161. The highest BCUT2D eigenvalue weighted by molar-refractivity contribution is 7.88. The van der Waals surface area contributed by atoms with Crippen LogP contribution in [0.4, 0.5) is 0 Å². The predicted octanol–water partition coefficient (Wildman–Crippen LogP) is 1.41. The van der Waals surface area contributed by atoms with Crippen molar-refractivity contribution >= 4 is 33.4 Å². The highest BCUT2D eigenvalue weighted by Crippen LogP contribution is 2.31. The van der Waals surface area contributed by atoms with Gasteiger partial charge < -0.3 is 10.3 Å². The second kappa shape index (κ2) is 6.31. The number of hydrogen-bond donors (Lipinski definition) is 2. The fourth-order valence-electron chi connectivity index (χ4n) is 2.19. The zero-order valence-corrected chi connectivity index (χ0v) is 13.0. The van der Waals surface area contributed by atoms with Crippen LogP contribution in [0.3, 0.4) is 0 Å². The van der Waals surface area contributed by atoms with Crippen LogP contribution in [0.25, 0.3) is 11.0 Å². The number of nitrogens with one attached hydrogen (secondary N) is 1. The second-order valence-electron chi connectivity index (χ2n) is 5.23. The molecule has 1 unspecified atom stereocenters. The summed E-state index contributed by atoms with van der Waals surface area (Å²) in [5, 5.41) is 4.56. The summed E-state index contributed by atoms with van der Waals surface area (Å²) in [6.07, 6.45) is 2.19. The minimum Gasteiger partial charge on any atom is -0.356 e. The molecule has 0 aliphatic heterocycles. The Hall–Kier alpha value is -1.15. The first-order chi connectivity index (χ1) is 9.55. The van der Waals surface area contributed by atoms with Crippen LogP contribution in [0.15, 0.2) is 28.8 Å². The average molecular weight is 332 g/mol. The Morgan fingerprint density at radius 1 is 1.38 bits per heavy atom. The molecule has 2 aromatic rings. The maximum atomic E-state index is 12.0. The molecule has 116 valence electrons. The SMILES string of the molecule is Cl.NC(CNS(=O)(=O)Cc1noc2ccccc12)C1CC1. The van der Waals surface area contributed by atoms with E-state index < -0.39 is 10.0 Å².